The number of carbonyl (C=O) groups is 1. The predicted molar refractivity (Wildman–Crippen MR) is 104 cm³/mol. The Morgan fingerprint density at radius 2 is 1.93 bits per heavy atom. The van der Waals surface area contributed by atoms with Crippen LogP contribution in [-0.4, -0.2) is 32.6 Å². The van der Waals surface area contributed by atoms with Crippen molar-refractivity contribution in [3.63, 3.8) is 0 Å². The third-order valence-corrected chi connectivity index (χ3v) is 4.29. The number of carbonyl (C=O) groups excluding carboxylic acids is 1. The average molecular weight is 384 g/mol. The second-order valence-electron chi connectivity index (χ2n) is 5.49. The quantitative estimate of drug-likeness (QED) is 0.329. The van der Waals surface area contributed by atoms with Crippen LogP contribution >= 0.6 is 11.8 Å². The molecule has 27 heavy (non-hydrogen) atoms. The van der Waals surface area contributed by atoms with Crippen LogP contribution in [0.15, 0.2) is 64.9 Å². The number of nitrogens with zero attached hydrogens (tertiary/aromatic N) is 3. The molecule has 0 unspecified atom stereocenters. The maximum Gasteiger partial charge on any atom is 0.240 e. The third-order valence-electron chi connectivity index (χ3n) is 3.45. The van der Waals surface area contributed by atoms with Crippen LogP contribution in [-0.2, 0) is 4.79 Å². The van der Waals surface area contributed by atoms with Gasteiger partial charge in [0.15, 0.2) is 0 Å². The van der Waals surface area contributed by atoms with Crippen molar-refractivity contribution >= 4 is 35.0 Å². The summed E-state index contributed by atoms with van der Waals surface area (Å²) in [4.78, 5) is 16.1. The molecule has 3 aromatic rings. The van der Waals surface area contributed by atoms with Crippen LogP contribution in [0, 0.1) is 5.82 Å². The maximum absolute atomic E-state index is 12.9. The van der Waals surface area contributed by atoms with E-state index in [2.05, 4.69) is 31.0 Å². The summed E-state index contributed by atoms with van der Waals surface area (Å²) in [5.41, 5.74) is 5.14. The molecule has 9 heteroatoms. The van der Waals surface area contributed by atoms with Crippen molar-refractivity contribution in [2.75, 3.05) is 16.5 Å². The number of rotatable bonds is 7. The number of aromatic amines is 1. The molecule has 0 bridgehead atoms. The summed E-state index contributed by atoms with van der Waals surface area (Å²) in [7, 11) is 0. The number of H-pyrrole nitrogens is 1. The van der Waals surface area contributed by atoms with Gasteiger partial charge in [0.1, 0.15) is 5.82 Å². The second kappa shape index (κ2) is 8.95. The molecule has 3 N–H and O–H groups in total. The van der Waals surface area contributed by atoms with Gasteiger partial charge in [-0.15, -0.1) is 5.10 Å². The molecule has 0 atom stereocenters. The number of hydrogen-bond acceptors (Lipinski definition) is 6. The molecule has 2 aromatic carbocycles. The van der Waals surface area contributed by atoms with Crippen LogP contribution in [0.2, 0.25) is 0 Å². The first-order valence-corrected chi connectivity index (χ1v) is 9.05. The zero-order valence-corrected chi connectivity index (χ0v) is 15.3. The molecule has 0 saturated carbocycles. The molecular weight excluding hydrogens is 367 g/mol. The van der Waals surface area contributed by atoms with Crippen LogP contribution in [0.25, 0.3) is 0 Å². The van der Waals surface area contributed by atoms with E-state index in [9.17, 15) is 9.18 Å². The van der Waals surface area contributed by atoms with Crippen molar-refractivity contribution in [2.24, 2.45) is 5.10 Å². The topological polar surface area (TPSA) is 95.1 Å². The molecule has 1 amide bonds. The van der Waals surface area contributed by atoms with Gasteiger partial charge in [-0.3, -0.25) is 4.79 Å². The molecule has 0 saturated heterocycles. The Labute approximate surface area is 159 Å². The van der Waals surface area contributed by atoms with Gasteiger partial charge in [-0.25, -0.2) is 14.9 Å². The van der Waals surface area contributed by atoms with Crippen LogP contribution in [0.5, 0.6) is 0 Å². The largest absolute Gasteiger partial charge is 0.325 e. The molecule has 0 fully saturated rings. The number of aromatic nitrogens is 3. The van der Waals surface area contributed by atoms with E-state index in [1.165, 1.54) is 36.0 Å². The lowest BCUT2D eigenvalue weighted by Gasteiger charge is -2.03. The van der Waals surface area contributed by atoms with Crippen molar-refractivity contribution in [3.8, 4) is 0 Å². The summed E-state index contributed by atoms with van der Waals surface area (Å²) < 4.78 is 12.9. The lowest BCUT2D eigenvalue weighted by Crippen LogP contribution is -2.14. The highest BCUT2D eigenvalue weighted by atomic mass is 32.2. The fourth-order valence-corrected chi connectivity index (χ4v) is 2.70. The minimum Gasteiger partial charge on any atom is -0.325 e. The van der Waals surface area contributed by atoms with Crippen LogP contribution < -0.4 is 10.7 Å². The number of benzene rings is 2. The average Bonchev–Trinajstić information content (AvgIpc) is 3.15. The van der Waals surface area contributed by atoms with Gasteiger partial charge in [-0.2, -0.15) is 10.1 Å². The van der Waals surface area contributed by atoms with E-state index in [1.54, 1.807) is 0 Å². The molecule has 0 spiro atoms. The standard InChI is InChI=1S/C18H17FN6OS/c1-12(13-5-3-2-4-6-13)22-23-17-21-18(25-24-17)27-11-16(26)20-15-9-7-14(19)8-10-15/h2-10H,11H2,1H3,(H,20,26)(H2,21,23,24,25)/b22-12+. The third kappa shape index (κ3) is 5.65. The van der Waals surface area contributed by atoms with Crippen molar-refractivity contribution < 1.29 is 9.18 Å². The smallest absolute Gasteiger partial charge is 0.240 e. The van der Waals surface area contributed by atoms with Crippen molar-refractivity contribution in [1.82, 2.24) is 15.2 Å². The van der Waals surface area contributed by atoms with Crippen LogP contribution in [0.1, 0.15) is 12.5 Å². The van der Waals surface area contributed by atoms with Crippen molar-refractivity contribution in [2.45, 2.75) is 12.1 Å². The number of hydrazone groups is 1. The maximum atomic E-state index is 12.9. The Morgan fingerprint density at radius 1 is 1.19 bits per heavy atom. The fourth-order valence-electron chi connectivity index (χ4n) is 2.10. The highest BCUT2D eigenvalue weighted by molar-refractivity contribution is 7.99. The molecular formula is C18H17FN6OS. The van der Waals surface area contributed by atoms with Gasteiger partial charge in [-0.1, -0.05) is 42.1 Å². The molecule has 0 aliphatic heterocycles. The van der Waals surface area contributed by atoms with Crippen LogP contribution in [0.4, 0.5) is 16.0 Å². The monoisotopic (exact) mass is 384 g/mol. The van der Waals surface area contributed by atoms with Crippen molar-refractivity contribution in [1.29, 1.82) is 0 Å². The first-order valence-electron chi connectivity index (χ1n) is 8.06. The number of thioether (sulfide) groups is 1. The molecule has 7 nitrogen and oxygen atoms in total. The number of anilines is 2. The molecule has 0 aliphatic carbocycles. The van der Waals surface area contributed by atoms with Gasteiger partial charge in [0.05, 0.1) is 11.5 Å². The Morgan fingerprint density at radius 3 is 2.67 bits per heavy atom. The minimum atomic E-state index is -0.353. The SMILES string of the molecule is C/C(=N\Nc1nc(SCC(=O)Nc2ccc(F)cc2)n[nH]1)c1ccccc1. The molecule has 138 valence electrons. The van der Waals surface area contributed by atoms with Gasteiger partial charge in [-0.05, 0) is 36.8 Å². The van der Waals surface area contributed by atoms with E-state index in [1.807, 2.05) is 37.3 Å². The highest BCUT2D eigenvalue weighted by Gasteiger charge is 2.08. The summed E-state index contributed by atoms with van der Waals surface area (Å²) in [5.74, 6) is -0.0788. The van der Waals surface area contributed by atoms with E-state index < -0.39 is 0 Å². The summed E-state index contributed by atoms with van der Waals surface area (Å²) in [6.07, 6.45) is 0. The minimum absolute atomic E-state index is 0.126. The van der Waals surface area contributed by atoms with Gasteiger partial charge in [0.25, 0.3) is 0 Å². The van der Waals surface area contributed by atoms with Crippen LogP contribution in [0.3, 0.4) is 0 Å². The predicted octanol–water partition coefficient (Wildman–Crippen LogP) is 3.51. The Hall–Kier alpha value is -3.20. The Kier molecular flexibility index (Phi) is 6.16. The molecule has 0 radical (unpaired) electrons. The van der Waals surface area contributed by atoms with E-state index >= 15 is 0 Å². The lowest BCUT2D eigenvalue weighted by molar-refractivity contribution is -0.113. The number of hydrogen-bond donors (Lipinski definition) is 3. The van der Waals surface area contributed by atoms with E-state index in [0.717, 1.165) is 11.3 Å². The fraction of sp³-hybridized carbons (Fsp3) is 0.111. The lowest BCUT2D eigenvalue weighted by atomic mass is 10.1. The number of halogens is 1. The molecule has 1 heterocycles. The molecule has 3 rings (SSSR count). The van der Waals surface area contributed by atoms with Crippen molar-refractivity contribution in [3.05, 3.63) is 66.0 Å². The number of nitrogens with one attached hydrogen (secondary N) is 3. The van der Waals surface area contributed by atoms with Gasteiger partial charge < -0.3 is 5.32 Å². The Balaban J connectivity index is 1.49. The van der Waals surface area contributed by atoms with Gasteiger partial charge >= 0.3 is 0 Å². The zero-order valence-electron chi connectivity index (χ0n) is 14.4. The van der Waals surface area contributed by atoms with Gasteiger partial charge in [0.2, 0.25) is 17.0 Å². The Bertz CT molecular complexity index is 927. The van der Waals surface area contributed by atoms with E-state index in [4.69, 9.17) is 0 Å². The summed E-state index contributed by atoms with van der Waals surface area (Å²) >= 11 is 1.17. The summed E-state index contributed by atoms with van der Waals surface area (Å²) in [5, 5.41) is 14.1. The summed E-state index contributed by atoms with van der Waals surface area (Å²) in [6, 6.07) is 15.3. The van der Waals surface area contributed by atoms with E-state index in [-0.39, 0.29) is 17.5 Å². The van der Waals surface area contributed by atoms with Gasteiger partial charge in [0, 0.05) is 5.69 Å². The first-order chi connectivity index (χ1) is 13.1. The molecule has 0 aliphatic rings. The normalized spacial score (nSPS) is 11.3. The zero-order chi connectivity index (χ0) is 19.1. The number of amides is 1. The summed E-state index contributed by atoms with van der Waals surface area (Å²) in [6.45, 7) is 1.88. The first kappa shape index (κ1) is 18.6. The highest BCUT2D eigenvalue weighted by Crippen LogP contribution is 2.15. The van der Waals surface area contributed by atoms with E-state index in [0.29, 0.717) is 16.8 Å². The second-order valence-corrected chi connectivity index (χ2v) is 6.43. The molecule has 1 aromatic heterocycles.